The molecule has 3 aromatic heterocycles. The minimum atomic E-state index is -0.432. The number of hydrogen-bond acceptors (Lipinski definition) is 5. The van der Waals surface area contributed by atoms with E-state index in [1.807, 2.05) is 52.0 Å². The van der Waals surface area contributed by atoms with Crippen LogP contribution in [-0.2, 0) is 24.9 Å². The molecular formula is C28H34N8O. The number of imidazole rings is 1. The van der Waals surface area contributed by atoms with Crippen molar-refractivity contribution in [1.29, 1.82) is 0 Å². The average molecular weight is 499 g/mol. The number of hydrogen-bond donors (Lipinski definition) is 1. The molecule has 0 saturated heterocycles. The van der Waals surface area contributed by atoms with Crippen LogP contribution in [0.4, 0.5) is 0 Å². The standard InChI is InChI=1S/C28H34N8O/c1-4-5-10-24-19-35(25-11-7-16-34(25)18-21(2)3)27(37)36(24)20-28(12-14-29-15-13-28)23-9-6-8-22(17-23)26-30-32-33-31-26/h6-9,11-12,14-17,19,21H,4-5,10,13,18,20H2,1-3H3,(H,30,31,32,33). The van der Waals surface area contributed by atoms with Crippen LogP contribution < -0.4 is 5.69 Å². The van der Waals surface area contributed by atoms with Gasteiger partial charge in [0.2, 0.25) is 5.82 Å². The van der Waals surface area contributed by atoms with Gasteiger partial charge in [-0.1, -0.05) is 51.5 Å². The van der Waals surface area contributed by atoms with E-state index in [4.69, 9.17) is 0 Å². The SMILES string of the molecule is CCCCc1cn(-c2cccn2CC(C)C)c(=O)n1CC1(c2cccc(-c3nn[nH]n3)c2)C=CN=CC1. The Labute approximate surface area is 216 Å². The van der Waals surface area contributed by atoms with Crippen molar-refractivity contribution in [3.8, 4) is 17.2 Å². The van der Waals surface area contributed by atoms with Gasteiger partial charge in [-0.05, 0) is 54.2 Å². The van der Waals surface area contributed by atoms with Crippen LogP contribution in [-0.4, -0.2) is 40.5 Å². The number of benzene rings is 1. The summed E-state index contributed by atoms with van der Waals surface area (Å²) in [4.78, 5) is 18.4. The van der Waals surface area contributed by atoms with Gasteiger partial charge in [0, 0.05) is 54.6 Å². The van der Waals surface area contributed by atoms with E-state index in [0.717, 1.165) is 48.4 Å². The van der Waals surface area contributed by atoms with Crippen molar-refractivity contribution in [2.75, 3.05) is 0 Å². The first kappa shape index (κ1) is 24.7. The Morgan fingerprint density at radius 3 is 2.81 bits per heavy atom. The van der Waals surface area contributed by atoms with Crippen molar-refractivity contribution in [2.24, 2.45) is 10.9 Å². The minimum absolute atomic E-state index is 0.0144. The molecule has 0 bridgehead atoms. The zero-order chi connectivity index (χ0) is 25.8. The molecule has 1 atom stereocenters. The van der Waals surface area contributed by atoms with Gasteiger partial charge in [-0.2, -0.15) is 5.21 Å². The van der Waals surface area contributed by atoms with Gasteiger partial charge in [-0.25, -0.2) is 4.79 Å². The largest absolute Gasteiger partial charge is 0.334 e. The quantitative estimate of drug-likeness (QED) is 0.347. The number of rotatable bonds is 10. The van der Waals surface area contributed by atoms with Crippen LogP contribution >= 0.6 is 0 Å². The molecule has 0 aliphatic carbocycles. The molecule has 1 aromatic carbocycles. The van der Waals surface area contributed by atoms with E-state index < -0.39 is 5.41 Å². The van der Waals surface area contributed by atoms with E-state index in [0.29, 0.717) is 24.7 Å². The number of allylic oxidation sites excluding steroid dienone is 1. The van der Waals surface area contributed by atoms with E-state index in [9.17, 15) is 4.79 Å². The van der Waals surface area contributed by atoms with Crippen molar-refractivity contribution in [3.63, 3.8) is 0 Å². The topological polar surface area (TPSA) is 98.7 Å². The van der Waals surface area contributed by atoms with Gasteiger partial charge in [-0.15, -0.1) is 10.2 Å². The molecule has 9 nitrogen and oxygen atoms in total. The third-order valence-corrected chi connectivity index (χ3v) is 6.98. The van der Waals surface area contributed by atoms with Crippen molar-refractivity contribution in [2.45, 2.75) is 65.0 Å². The summed E-state index contributed by atoms with van der Waals surface area (Å²) in [5.41, 5.74) is 2.57. The highest BCUT2D eigenvalue weighted by molar-refractivity contribution is 5.65. The Morgan fingerprint density at radius 2 is 2.08 bits per heavy atom. The number of nitrogens with one attached hydrogen (secondary N) is 1. The molecule has 1 aliphatic rings. The third-order valence-electron chi connectivity index (χ3n) is 6.98. The van der Waals surface area contributed by atoms with Crippen LogP contribution in [0.1, 0.15) is 51.3 Å². The van der Waals surface area contributed by atoms with Crippen LogP contribution in [0.15, 0.2) is 70.9 Å². The van der Waals surface area contributed by atoms with E-state index >= 15 is 0 Å². The maximum absolute atomic E-state index is 14.0. The predicted octanol–water partition coefficient (Wildman–Crippen LogP) is 4.55. The van der Waals surface area contributed by atoms with Gasteiger partial charge >= 0.3 is 5.69 Å². The second kappa shape index (κ2) is 10.5. The first-order valence-electron chi connectivity index (χ1n) is 13.0. The molecule has 9 heteroatoms. The van der Waals surface area contributed by atoms with E-state index in [1.54, 1.807) is 0 Å². The van der Waals surface area contributed by atoms with Gasteiger partial charge in [0.15, 0.2) is 0 Å². The Balaban J connectivity index is 1.59. The van der Waals surface area contributed by atoms with Crippen LogP contribution in [0.3, 0.4) is 0 Å². The monoisotopic (exact) mass is 498 g/mol. The number of aryl methyl sites for hydroxylation is 1. The van der Waals surface area contributed by atoms with Crippen LogP contribution in [0.25, 0.3) is 17.2 Å². The first-order valence-corrected chi connectivity index (χ1v) is 13.0. The van der Waals surface area contributed by atoms with Crippen molar-refractivity contribution < 1.29 is 0 Å². The lowest BCUT2D eigenvalue weighted by Crippen LogP contribution is -2.37. The first-order chi connectivity index (χ1) is 18.0. The van der Waals surface area contributed by atoms with Crippen LogP contribution in [0.2, 0.25) is 0 Å². The molecule has 5 rings (SSSR count). The summed E-state index contributed by atoms with van der Waals surface area (Å²) in [7, 11) is 0. The second-order valence-corrected chi connectivity index (χ2v) is 10.2. The van der Waals surface area contributed by atoms with Crippen molar-refractivity contribution in [3.05, 3.63) is 82.8 Å². The number of tetrazole rings is 1. The summed E-state index contributed by atoms with van der Waals surface area (Å²) in [6.07, 6.45) is 13.6. The van der Waals surface area contributed by atoms with E-state index in [2.05, 4.69) is 75.4 Å². The lowest BCUT2D eigenvalue weighted by atomic mass is 9.76. The molecular weight excluding hydrogens is 464 g/mol. The number of unbranched alkanes of at least 4 members (excludes halogenated alkanes) is 1. The van der Waals surface area contributed by atoms with Gasteiger partial charge in [-0.3, -0.25) is 14.1 Å². The molecule has 4 heterocycles. The molecule has 0 fully saturated rings. The van der Waals surface area contributed by atoms with Gasteiger partial charge in [0.05, 0.1) is 0 Å². The van der Waals surface area contributed by atoms with E-state index in [-0.39, 0.29) is 5.69 Å². The normalized spacial score (nSPS) is 17.2. The van der Waals surface area contributed by atoms with Crippen LogP contribution in [0.5, 0.6) is 0 Å². The summed E-state index contributed by atoms with van der Waals surface area (Å²) in [5.74, 6) is 1.93. The fourth-order valence-corrected chi connectivity index (χ4v) is 5.08. The number of aliphatic imine (C=N–C) groups is 1. The zero-order valence-electron chi connectivity index (χ0n) is 21.7. The highest BCUT2D eigenvalue weighted by atomic mass is 16.1. The Morgan fingerprint density at radius 1 is 1.19 bits per heavy atom. The lowest BCUT2D eigenvalue weighted by Gasteiger charge is -2.32. The molecule has 1 aliphatic heterocycles. The fraction of sp³-hybridized carbons (Fsp3) is 0.393. The molecule has 192 valence electrons. The molecule has 37 heavy (non-hydrogen) atoms. The number of aromatic amines is 1. The summed E-state index contributed by atoms with van der Waals surface area (Å²) in [6, 6.07) is 12.2. The Hall–Kier alpha value is -4.01. The third kappa shape index (κ3) is 4.98. The summed E-state index contributed by atoms with van der Waals surface area (Å²) in [6.45, 7) is 7.93. The maximum Gasteiger partial charge on any atom is 0.334 e. The number of nitrogens with zero attached hydrogens (tertiary/aromatic N) is 7. The zero-order valence-corrected chi connectivity index (χ0v) is 21.7. The minimum Gasteiger partial charge on any atom is -0.334 e. The average Bonchev–Trinajstić information content (AvgIpc) is 3.66. The number of aromatic nitrogens is 7. The molecule has 0 saturated carbocycles. The molecule has 1 unspecified atom stereocenters. The molecule has 0 radical (unpaired) electrons. The van der Waals surface area contributed by atoms with Crippen molar-refractivity contribution >= 4 is 6.21 Å². The highest BCUT2D eigenvalue weighted by Crippen LogP contribution is 2.35. The highest BCUT2D eigenvalue weighted by Gasteiger charge is 2.33. The second-order valence-electron chi connectivity index (χ2n) is 10.2. The van der Waals surface area contributed by atoms with E-state index in [1.165, 1.54) is 0 Å². The molecule has 1 N–H and O–H groups in total. The maximum atomic E-state index is 14.0. The Bertz CT molecular complexity index is 1450. The van der Waals surface area contributed by atoms with Crippen molar-refractivity contribution in [1.82, 2.24) is 34.3 Å². The fourth-order valence-electron chi connectivity index (χ4n) is 5.08. The van der Waals surface area contributed by atoms with Gasteiger partial charge in [0.25, 0.3) is 0 Å². The molecule has 0 spiro atoms. The van der Waals surface area contributed by atoms with Gasteiger partial charge in [0.1, 0.15) is 5.82 Å². The van der Waals surface area contributed by atoms with Gasteiger partial charge < -0.3 is 4.57 Å². The molecule has 4 aromatic rings. The summed E-state index contributed by atoms with van der Waals surface area (Å²) in [5, 5.41) is 14.5. The summed E-state index contributed by atoms with van der Waals surface area (Å²) < 4.78 is 5.95. The molecule has 0 amide bonds. The smallest absolute Gasteiger partial charge is 0.334 e. The lowest BCUT2D eigenvalue weighted by molar-refractivity contribution is 0.438. The summed E-state index contributed by atoms with van der Waals surface area (Å²) >= 11 is 0. The number of H-pyrrole nitrogens is 1. The predicted molar refractivity (Wildman–Crippen MR) is 145 cm³/mol. The Kier molecular flexibility index (Phi) is 7.03. The van der Waals surface area contributed by atoms with Crippen LogP contribution in [0, 0.1) is 5.92 Å².